The second kappa shape index (κ2) is 10.9. The molecule has 0 aromatic heterocycles. The first kappa shape index (κ1) is 22.0. The average molecular weight is 387 g/mol. The Morgan fingerprint density at radius 2 is 1.88 bits per heavy atom. The molecule has 0 amide bonds. The number of guanidine groups is 1. The first-order chi connectivity index (χ1) is 12.4. The van der Waals surface area contributed by atoms with Gasteiger partial charge in [0.1, 0.15) is 0 Å². The molecule has 148 valence electrons. The highest BCUT2D eigenvalue weighted by Crippen LogP contribution is 2.27. The van der Waals surface area contributed by atoms with Crippen molar-refractivity contribution in [2.45, 2.75) is 19.9 Å². The normalized spacial score (nSPS) is 12.2. The molecule has 0 saturated carbocycles. The molecule has 0 radical (unpaired) electrons. The van der Waals surface area contributed by atoms with Crippen LogP contribution in [0.1, 0.15) is 18.9 Å². The highest BCUT2D eigenvalue weighted by Gasteiger charge is 2.14. The fourth-order valence-electron chi connectivity index (χ4n) is 2.26. The number of rotatable bonds is 10. The lowest BCUT2D eigenvalue weighted by Gasteiger charge is -2.17. The van der Waals surface area contributed by atoms with Crippen molar-refractivity contribution >= 4 is 16.0 Å². The third-order valence-electron chi connectivity index (χ3n) is 3.91. The van der Waals surface area contributed by atoms with Crippen LogP contribution < -0.4 is 20.1 Å². The van der Waals surface area contributed by atoms with Crippen molar-refractivity contribution < 1.29 is 17.9 Å². The summed E-state index contributed by atoms with van der Waals surface area (Å²) in [5.41, 5.74) is 1.03. The summed E-state index contributed by atoms with van der Waals surface area (Å²) in [7, 11) is 3.37. The van der Waals surface area contributed by atoms with E-state index >= 15 is 0 Å². The molecule has 26 heavy (non-hydrogen) atoms. The lowest BCUT2D eigenvalue weighted by atomic mass is 10.2. The van der Waals surface area contributed by atoms with Crippen LogP contribution in [0.15, 0.2) is 23.2 Å². The second-order valence-electron chi connectivity index (χ2n) is 5.62. The molecule has 0 bridgehead atoms. The smallest absolute Gasteiger partial charge is 0.213 e. The summed E-state index contributed by atoms with van der Waals surface area (Å²) in [5.74, 6) is 2.13. The topological polar surface area (TPSA) is 92.3 Å². The predicted molar refractivity (Wildman–Crippen MR) is 104 cm³/mol. The first-order valence-electron chi connectivity index (χ1n) is 8.47. The minimum Gasteiger partial charge on any atom is -0.493 e. The van der Waals surface area contributed by atoms with Crippen LogP contribution in [0.3, 0.4) is 0 Å². The summed E-state index contributed by atoms with van der Waals surface area (Å²) in [5, 5.41) is 6.39. The number of methoxy groups -OCH3 is 2. The predicted octanol–water partition coefficient (Wildman–Crippen LogP) is 1.04. The first-order valence-corrected chi connectivity index (χ1v) is 10.1. The van der Waals surface area contributed by atoms with Gasteiger partial charge < -0.3 is 20.1 Å². The van der Waals surface area contributed by atoms with E-state index in [1.54, 1.807) is 35.2 Å². The van der Waals surface area contributed by atoms with E-state index in [0.29, 0.717) is 43.5 Å². The number of ether oxygens (including phenoxy) is 2. The zero-order valence-electron chi connectivity index (χ0n) is 16.2. The van der Waals surface area contributed by atoms with Crippen LogP contribution in [-0.4, -0.2) is 65.8 Å². The van der Waals surface area contributed by atoms with Crippen LogP contribution in [0.5, 0.6) is 11.5 Å². The Labute approximate surface area is 156 Å². The number of nitrogens with one attached hydrogen (secondary N) is 2. The van der Waals surface area contributed by atoms with Gasteiger partial charge in [-0.1, -0.05) is 6.07 Å². The van der Waals surface area contributed by atoms with Gasteiger partial charge in [-0.15, -0.1) is 0 Å². The third-order valence-corrected chi connectivity index (χ3v) is 5.78. The van der Waals surface area contributed by atoms with Gasteiger partial charge in [0, 0.05) is 33.7 Å². The van der Waals surface area contributed by atoms with Crippen LogP contribution in [0, 0.1) is 0 Å². The van der Waals surface area contributed by atoms with Gasteiger partial charge >= 0.3 is 0 Å². The number of benzene rings is 1. The van der Waals surface area contributed by atoms with Gasteiger partial charge in [-0.25, -0.2) is 12.7 Å². The molecule has 8 nitrogen and oxygen atoms in total. The largest absolute Gasteiger partial charge is 0.493 e. The average Bonchev–Trinajstić information content (AvgIpc) is 2.66. The van der Waals surface area contributed by atoms with Crippen LogP contribution >= 0.6 is 0 Å². The van der Waals surface area contributed by atoms with Crippen molar-refractivity contribution in [2.24, 2.45) is 4.99 Å². The highest BCUT2D eigenvalue weighted by atomic mass is 32.2. The van der Waals surface area contributed by atoms with E-state index in [-0.39, 0.29) is 5.75 Å². The SMILES string of the molecule is CCS(=O)(=O)N(C)CCCNC(=NC)NCc1ccc(OC)c(OC)c1. The van der Waals surface area contributed by atoms with E-state index < -0.39 is 10.0 Å². The van der Waals surface area contributed by atoms with E-state index in [2.05, 4.69) is 15.6 Å². The summed E-state index contributed by atoms with van der Waals surface area (Å²) in [6.45, 7) is 3.30. The van der Waals surface area contributed by atoms with Crippen LogP contribution in [-0.2, 0) is 16.6 Å². The second-order valence-corrected chi connectivity index (χ2v) is 7.98. The molecule has 0 unspecified atom stereocenters. The zero-order chi connectivity index (χ0) is 19.6. The van der Waals surface area contributed by atoms with Crippen LogP contribution in [0.4, 0.5) is 0 Å². The Balaban J connectivity index is 2.44. The van der Waals surface area contributed by atoms with Crippen LogP contribution in [0.25, 0.3) is 0 Å². The Kier molecular flexibility index (Phi) is 9.22. The number of nitrogens with zero attached hydrogens (tertiary/aromatic N) is 2. The number of sulfonamides is 1. The van der Waals surface area contributed by atoms with Crippen molar-refractivity contribution in [1.82, 2.24) is 14.9 Å². The molecule has 0 atom stereocenters. The van der Waals surface area contributed by atoms with Gasteiger partial charge in [-0.05, 0) is 31.0 Å². The van der Waals surface area contributed by atoms with E-state index in [1.807, 2.05) is 18.2 Å². The van der Waals surface area contributed by atoms with Crippen molar-refractivity contribution in [3.05, 3.63) is 23.8 Å². The van der Waals surface area contributed by atoms with Gasteiger partial charge in [0.25, 0.3) is 0 Å². The molecule has 1 rings (SSSR count). The fourth-order valence-corrected chi connectivity index (χ4v) is 3.11. The van der Waals surface area contributed by atoms with E-state index in [9.17, 15) is 8.42 Å². The summed E-state index contributed by atoms with van der Waals surface area (Å²) in [4.78, 5) is 4.17. The summed E-state index contributed by atoms with van der Waals surface area (Å²) < 4.78 is 35.3. The van der Waals surface area contributed by atoms with E-state index in [1.165, 1.54) is 4.31 Å². The summed E-state index contributed by atoms with van der Waals surface area (Å²) in [6.07, 6.45) is 0.687. The van der Waals surface area contributed by atoms with Crippen LogP contribution in [0.2, 0.25) is 0 Å². The third kappa shape index (κ3) is 6.72. The maximum atomic E-state index is 11.7. The van der Waals surface area contributed by atoms with Gasteiger partial charge in [-0.2, -0.15) is 0 Å². The zero-order valence-corrected chi connectivity index (χ0v) is 17.0. The number of hydrogen-bond donors (Lipinski definition) is 2. The molecule has 0 aliphatic rings. The number of hydrogen-bond acceptors (Lipinski definition) is 5. The molecule has 0 heterocycles. The minimum atomic E-state index is -3.13. The highest BCUT2D eigenvalue weighted by molar-refractivity contribution is 7.89. The molecule has 1 aromatic carbocycles. The van der Waals surface area contributed by atoms with E-state index in [4.69, 9.17) is 9.47 Å². The molecular weight excluding hydrogens is 356 g/mol. The minimum absolute atomic E-state index is 0.117. The summed E-state index contributed by atoms with van der Waals surface area (Å²) >= 11 is 0. The standard InChI is InChI=1S/C17H30N4O4S/c1-6-26(22,23)21(3)11-7-10-19-17(18-2)20-13-14-8-9-15(24-4)16(12-14)25-5/h8-9,12H,6-7,10-11,13H2,1-5H3,(H2,18,19,20). The molecule has 2 N–H and O–H groups in total. The lowest BCUT2D eigenvalue weighted by Crippen LogP contribution is -2.38. The maximum absolute atomic E-state index is 11.7. The lowest BCUT2D eigenvalue weighted by molar-refractivity contribution is 0.354. The molecular formula is C17H30N4O4S. The molecule has 9 heteroatoms. The Hall–Kier alpha value is -2.00. The van der Waals surface area contributed by atoms with Crippen molar-refractivity contribution in [3.63, 3.8) is 0 Å². The molecule has 0 saturated heterocycles. The Morgan fingerprint density at radius 1 is 1.19 bits per heavy atom. The molecule has 0 aliphatic carbocycles. The Bertz CT molecular complexity index is 692. The quantitative estimate of drug-likeness (QED) is 0.355. The van der Waals surface area contributed by atoms with Gasteiger partial charge in [0.15, 0.2) is 17.5 Å². The van der Waals surface area contributed by atoms with Crippen molar-refractivity contribution in [3.8, 4) is 11.5 Å². The van der Waals surface area contributed by atoms with Gasteiger partial charge in [-0.3, -0.25) is 4.99 Å². The molecule has 0 fully saturated rings. The monoisotopic (exact) mass is 386 g/mol. The fraction of sp³-hybridized carbons (Fsp3) is 0.588. The molecule has 0 spiro atoms. The Morgan fingerprint density at radius 3 is 2.46 bits per heavy atom. The molecule has 1 aromatic rings. The molecule has 0 aliphatic heterocycles. The van der Waals surface area contributed by atoms with Crippen molar-refractivity contribution in [1.29, 1.82) is 0 Å². The number of aliphatic imine (C=N–C) groups is 1. The van der Waals surface area contributed by atoms with Gasteiger partial charge in [0.2, 0.25) is 10.0 Å². The maximum Gasteiger partial charge on any atom is 0.213 e. The van der Waals surface area contributed by atoms with E-state index in [0.717, 1.165) is 5.56 Å². The summed E-state index contributed by atoms with van der Waals surface area (Å²) in [6, 6.07) is 5.71. The van der Waals surface area contributed by atoms with Crippen molar-refractivity contribution in [2.75, 3.05) is 47.2 Å². The van der Waals surface area contributed by atoms with Gasteiger partial charge in [0.05, 0.1) is 20.0 Å².